The van der Waals surface area contributed by atoms with Gasteiger partial charge < -0.3 is 13.9 Å². The minimum atomic E-state index is -2.81. The fourth-order valence-corrected chi connectivity index (χ4v) is 4.18. The van der Waals surface area contributed by atoms with Gasteiger partial charge in [-0.15, -0.1) is 0 Å². The van der Waals surface area contributed by atoms with E-state index >= 15 is 0 Å². The molecule has 0 fully saturated rings. The molecular formula is C26H22ClFN3O4S-. The number of rotatable bonds is 8. The zero-order valence-corrected chi connectivity index (χ0v) is 20.8. The molecule has 0 spiro atoms. The first-order valence-corrected chi connectivity index (χ1v) is 12.5. The number of amides is 1. The Bertz CT molecular complexity index is 1380. The molecule has 1 atom stereocenters. The highest BCUT2D eigenvalue weighted by Crippen LogP contribution is 2.25. The Hall–Kier alpha value is -3.53. The molecule has 7 nitrogen and oxygen atoms in total. The third-order valence-corrected chi connectivity index (χ3v) is 6.47. The van der Waals surface area contributed by atoms with Crippen molar-refractivity contribution < 1.29 is 22.7 Å². The summed E-state index contributed by atoms with van der Waals surface area (Å²) in [5, 5.41) is 0.201. The molecule has 4 rings (SSSR count). The SMILES string of the molecule is CCc1nc(-c2ccc(F)cc2)cn1-c1ccc(CCN(C(=O)Oc2ccccc2Cl)S(=O)[O-])cc1. The number of nitrogens with zero attached hydrogens (tertiary/aromatic N) is 3. The van der Waals surface area contributed by atoms with E-state index in [1.54, 1.807) is 24.3 Å². The normalized spacial score (nSPS) is 11.8. The number of halogens is 2. The summed E-state index contributed by atoms with van der Waals surface area (Å²) >= 11 is 3.17. The van der Waals surface area contributed by atoms with E-state index in [9.17, 15) is 17.9 Å². The maximum atomic E-state index is 13.3. The van der Waals surface area contributed by atoms with Crippen LogP contribution in [0.3, 0.4) is 0 Å². The van der Waals surface area contributed by atoms with Crippen LogP contribution in [-0.2, 0) is 24.1 Å². The Morgan fingerprint density at radius 3 is 2.44 bits per heavy atom. The van der Waals surface area contributed by atoms with Crippen molar-refractivity contribution in [1.82, 2.24) is 13.9 Å². The molecule has 10 heteroatoms. The van der Waals surface area contributed by atoms with Crippen molar-refractivity contribution >= 4 is 29.0 Å². The Morgan fingerprint density at radius 1 is 1.11 bits per heavy atom. The lowest BCUT2D eigenvalue weighted by Gasteiger charge is -2.23. The van der Waals surface area contributed by atoms with Crippen LogP contribution in [-0.4, -0.2) is 35.3 Å². The molecule has 1 unspecified atom stereocenters. The van der Waals surface area contributed by atoms with Crippen LogP contribution < -0.4 is 4.74 Å². The number of carbonyl (C=O) groups excluding carboxylic acids is 1. The predicted molar refractivity (Wildman–Crippen MR) is 135 cm³/mol. The standard InChI is InChI=1S/C26H23ClFN3O4S/c1-2-25-29-23(19-9-11-20(28)12-10-19)17-30(25)21-13-7-18(8-14-21)15-16-31(36(33)34)26(32)35-24-6-4-3-5-22(24)27/h3-14,17H,2,15-16H2,1H3,(H,33,34)/p-1. The van der Waals surface area contributed by atoms with Gasteiger partial charge in [-0.3, -0.25) is 4.21 Å². The fraction of sp³-hybridized carbons (Fsp3) is 0.154. The van der Waals surface area contributed by atoms with E-state index in [0.29, 0.717) is 10.7 Å². The van der Waals surface area contributed by atoms with Crippen molar-refractivity contribution in [3.8, 4) is 22.7 Å². The molecule has 1 heterocycles. The molecule has 36 heavy (non-hydrogen) atoms. The van der Waals surface area contributed by atoms with Crippen LogP contribution in [0.1, 0.15) is 18.3 Å². The molecule has 186 valence electrons. The Balaban J connectivity index is 1.45. The molecule has 0 aliphatic rings. The summed E-state index contributed by atoms with van der Waals surface area (Å²) < 4.78 is 44.3. The summed E-state index contributed by atoms with van der Waals surface area (Å²) in [4.78, 5) is 17.1. The number of hydrogen-bond donors (Lipinski definition) is 0. The number of aromatic nitrogens is 2. The summed E-state index contributed by atoms with van der Waals surface area (Å²) in [5.74, 6) is 0.620. The van der Waals surface area contributed by atoms with E-state index in [-0.39, 0.29) is 29.6 Å². The molecule has 0 aliphatic carbocycles. The van der Waals surface area contributed by atoms with Crippen molar-refractivity contribution in [1.29, 1.82) is 0 Å². The molecule has 0 bridgehead atoms. The van der Waals surface area contributed by atoms with Crippen LogP contribution in [0, 0.1) is 5.82 Å². The summed E-state index contributed by atoms with van der Waals surface area (Å²) in [5.41, 5.74) is 3.26. The second-order valence-corrected chi connectivity index (χ2v) is 9.09. The first-order chi connectivity index (χ1) is 17.4. The number of imidazole rings is 1. The van der Waals surface area contributed by atoms with Gasteiger partial charge in [0.2, 0.25) is 0 Å². The van der Waals surface area contributed by atoms with Crippen molar-refractivity contribution in [3.63, 3.8) is 0 Å². The average Bonchev–Trinajstić information content (AvgIpc) is 3.31. The van der Waals surface area contributed by atoms with Crippen LogP contribution in [0.15, 0.2) is 79.0 Å². The largest absolute Gasteiger partial charge is 0.755 e. The number of carbonyl (C=O) groups is 1. The summed E-state index contributed by atoms with van der Waals surface area (Å²) in [6.07, 6.45) is 1.85. The first-order valence-electron chi connectivity index (χ1n) is 11.1. The van der Waals surface area contributed by atoms with E-state index in [2.05, 4.69) is 4.98 Å². The zero-order valence-electron chi connectivity index (χ0n) is 19.3. The van der Waals surface area contributed by atoms with Crippen LogP contribution in [0.5, 0.6) is 5.75 Å². The Labute approximate surface area is 215 Å². The summed E-state index contributed by atoms with van der Waals surface area (Å²) in [7, 11) is 0. The molecule has 0 saturated carbocycles. The van der Waals surface area contributed by atoms with Crippen molar-refractivity contribution in [2.24, 2.45) is 0 Å². The topological polar surface area (TPSA) is 87.5 Å². The maximum Gasteiger partial charge on any atom is 0.426 e. The smallest absolute Gasteiger partial charge is 0.426 e. The quantitative estimate of drug-likeness (QED) is 0.273. The van der Waals surface area contributed by atoms with Gasteiger partial charge in [0, 0.05) is 30.4 Å². The highest BCUT2D eigenvalue weighted by Gasteiger charge is 2.18. The van der Waals surface area contributed by atoms with E-state index in [1.807, 2.05) is 42.0 Å². The number of hydrogen-bond acceptors (Lipinski definition) is 5. The molecular weight excluding hydrogens is 505 g/mol. The van der Waals surface area contributed by atoms with E-state index < -0.39 is 17.4 Å². The molecule has 1 aromatic heterocycles. The van der Waals surface area contributed by atoms with Crippen LogP contribution in [0.25, 0.3) is 16.9 Å². The van der Waals surface area contributed by atoms with Crippen LogP contribution in [0.4, 0.5) is 9.18 Å². The lowest BCUT2D eigenvalue weighted by molar-refractivity contribution is 0.178. The minimum absolute atomic E-state index is 0.0797. The molecule has 0 N–H and O–H groups in total. The van der Waals surface area contributed by atoms with Gasteiger partial charge in [0.05, 0.1) is 22.0 Å². The molecule has 3 aromatic carbocycles. The van der Waals surface area contributed by atoms with Crippen LogP contribution >= 0.6 is 11.6 Å². The third kappa shape index (κ3) is 5.99. The van der Waals surface area contributed by atoms with Gasteiger partial charge in [-0.25, -0.2) is 18.5 Å². The number of para-hydroxylation sites is 1. The van der Waals surface area contributed by atoms with Crippen molar-refractivity contribution in [2.45, 2.75) is 19.8 Å². The summed E-state index contributed by atoms with van der Waals surface area (Å²) in [6.45, 7) is 1.90. The van der Waals surface area contributed by atoms with E-state index in [4.69, 9.17) is 16.3 Å². The van der Waals surface area contributed by atoms with Gasteiger partial charge >= 0.3 is 6.09 Å². The Kier molecular flexibility index (Phi) is 8.14. The highest BCUT2D eigenvalue weighted by atomic mass is 35.5. The van der Waals surface area contributed by atoms with Crippen LogP contribution in [0.2, 0.25) is 5.02 Å². The average molecular weight is 527 g/mol. The van der Waals surface area contributed by atoms with Crippen molar-refractivity contribution in [3.05, 3.63) is 101 Å². The van der Waals surface area contributed by atoms with Gasteiger partial charge in [-0.05, 0) is 60.5 Å². The number of ether oxygens (including phenoxy) is 1. The molecule has 1 amide bonds. The first kappa shape index (κ1) is 25.6. The van der Waals surface area contributed by atoms with Gasteiger partial charge in [0.15, 0.2) is 5.75 Å². The monoisotopic (exact) mass is 526 g/mol. The highest BCUT2D eigenvalue weighted by molar-refractivity contribution is 7.77. The maximum absolute atomic E-state index is 13.3. The van der Waals surface area contributed by atoms with Crippen molar-refractivity contribution in [2.75, 3.05) is 6.54 Å². The molecule has 4 aromatic rings. The van der Waals surface area contributed by atoms with E-state index in [1.165, 1.54) is 24.3 Å². The molecule has 0 aliphatic heterocycles. The molecule has 0 radical (unpaired) electrons. The Morgan fingerprint density at radius 2 is 1.81 bits per heavy atom. The second-order valence-electron chi connectivity index (χ2n) is 7.81. The minimum Gasteiger partial charge on any atom is -0.755 e. The second kappa shape index (κ2) is 11.5. The van der Waals surface area contributed by atoms with Gasteiger partial charge in [-0.1, -0.05) is 42.8 Å². The predicted octanol–water partition coefficient (Wildman–Crippen LogP) is 5.73. The van der Waals surface area contributed by atoms with Gasteiger partial charge in [0.25, 0.3) is 0 Å². The zero-order chi connectivity index (χ0) is 25.7. The fourth-order valence-electron chi connectivity index (χ4n) is 3.60. The lowest BCUT2D eigenvalue weighted by Crippen LogP contribution is -2.36. The lowest BCUT2D eigenvalue weighted by atomic mass is 10.1. The van der Waals surface area contributed by atoms with Gasteiger partial charge in [-0.2, -0.15) is 0 Å². The number of aryl methyl sites for hydroxylation is 1. The summed E-state index contributed by atoms with van der Waals surface area (Å²) in [6, 6.07) is 20.0. The van der Waals surface area contributed by atoms with Gasteiger partial charge in [0.1, 0.15) is 11.6 Å². The molecule has 0 saturated heterocycles. The third-order valence-electron chi connectivity index (χ3n) is 5.47. The van der Waals surface area contributed by atoms with E-state index in [0.717, 1.165) is 28.3 Å². The number of benzene rings is 3.